The van der Waals surface area contributed by atoms with Crippen molar-refractivity contribution in [3.63, 3.8) is 0 Å². The average Bonchev–Trinajstić information content (AvgIpc) is 3.52. The molecule has 2 amide bonds. The Balaban J connectivity index is 1.46. The van der Waals surface area contributed by atoms with Gasteiger partial charge in [0.25, 0.3) is 0 Å². The van der Waals surface area contributed by atoms with Crippen molar-refractivity contribution in [3.05, 3.63) is 77.5 Å². The van der Waals surface area contributed by atoms with E-state index in [1.807, 2.05) is 59.6 Å². The van der Waals surface area contributed by atoms with Crippen molar-refractivity contribution in [1.29, 1.82) is 0 Å². The summed E-state index contributed by atoms with van der Waals surface area (Å²) in [6.07, 6.45) is 5.08. The van der Waals surface area contributed by atoms with E-state index in [4.69, 9.17) is 9.15 Å². The minimum Gasteiger partial charge on any atom is -0.497 e. The zero-order chi connectivity index (χ0) is 20.9. The average molecular weight is 423 g/mol. The van der Waals surface area contributed by atoms with Gasteiger partial charge in [-0.15, -0.1) is 11.3 Å². The Morgan fingerprint density at radius 3 is 2.97 bits per heavy atom. The Morgan fingerprint density at radius 1 is 1.33 bits per heavy atom. The number of imidazole rings is 1. The molecular formula is C21H21N5O3S. The van der Waals surface area contributed by atoms with Gasteiger partial charge in [-0.1, -0.05) is 18.2 Å². The molecule has 0 bridgehead atoms. The highest BCUT2D eigenvalue weighted by Gasteiger charge is 2.21. The van der Waals surface area contributed by atoms with E-state index in [2.05, 4.69) is 20.6 Å². The number of thiophene rings is 1. The van der Waals surface area contributed by atoms with Crippen molar-refractivity contribution in [2.45, 2.75) is 12.6 Å². The van der Waals surface area contributed by atoms with Crippen LogP contribution in [0, 0.1) is 0 Å². The van der Waals surface area contributed by atoms with E-state index >= 15 is 0 Å². The summed E-state index contributed by atoms with van der Waals surface area (Å²) in [5.41, 5.74) is 1.50. The zero-order valence-electron chi connectivity index (χ0n) is 16.5. The van der Waals surface area contributed by atoms with Crippen molar-refractivity contribution < 1.29 is 13.9 Å². The predicted molar refractivity (Wildman–Crippen MR) is 113 cm³/mol. The molecule has 0 aliphatic heterocycles. The summed E-state index contributed by atoms with van der Waals surface area (Å²) in [6, 6.07) is 10.6. The largest absolute Gasteiger partial charge is 0.497 e. The first-order valence-corrected chi connectivity index (χ1v) is 10.2. The molecule has 3 aromatic heterocycles. The Hall–Kier alpha value is -3.59. The first kappa shape index (κ1) is 19.7. The topological polar surface area (TPSA) is 94.2 Å². The Kier molecular flexibility index (Phi) is 5.80. The molecule has 0 fully saturated rings. The van der Waals surface area contributed by atoms with Gasteiger partial charge in [-0.05, 0) is 29.1 Å². The van der Waals surface area contributed by atoms with Crippen molar-refractivity contribution >= 4 is 17.4 Å². The van der Waals surface area contributed by atoms with Crippen LogP contribution in [0.4, 0.5) is 4.79 Å². The smallest absolute Gasteiger partial charge is 0.315 e. The van der Waals surface area contributed by atoms with E-state index in [0.29, 0.717) is 23.2 Å². The van der Waals surface area contributed by atoms with Gasteiger partial charge in [0.15, 0.2) is 0 Å². The number of hydrogen-bond acceptors (Lipinski definition) is 6. The molecule has 0 aliphatic carbocycles. The fourth-order valence-electron chi connectivity index (χ4n) is 3.03. The number of aryl methyl sites for hydroxylation is 1. The molecular weight excluding hydrogens is 402 g/mol. The van der Waals surface area contributed by atoms with E-state index in [0.717, 1.165) is 10.4 Å². The Morgan fingerprint density at radius 2 is 2.23 bits per heavy atom. The number of ether oxygens (including phenoxy) is 1. The first-order chi connectivity index (χ1) is 14.6. The van der Waals surface area contributed by atoms with E-state index in [-0.39, 0.29) is 12.6 Å². The number of amides is 2. The van der Waals surface area contributed by atoms with Gasteiger partial charge >= 0.3 is 6.03 Å². The summed E-state index contributed by atoms with van der Waals surface area (Å²) >= 11 is 1.55. The second-order valence-electron chi connectivity index (χ2n) is 6.55. The van der Waals surface area contributed by atoms with Gasteiger partial charge in [-0.2, -0.15) is 0 Å². The van der Waals surface area contributed by atoms with Gasteiger partial charge in [0.05, 0.1) is 24.2 Å². The summed E-state index contributed by atoms with van der Waals surface area (Å²) in [5.74, 6) is 1.96. The molecule has 0 saturated carbocycles. The number of hydrogen-bond donors (Lipinski definition) is 2. The molecule has 0 saturated heterocycles. The lowest BCUT2D eigenvalue weighted by molar-refractivity contribution is 0.237. The maximum absolute atomic E-state index is 12.6. The number of rotatable bonds is 7. The molecule has 4 aromatic rings. The Bertz CT molecular complexity index is 1120. The number of carbonyl (C=O) groups excluding carboxylic acids is 1. The fourth-order valence-corrected chi connectivity index (χ4v) is 3.68. The SMILES string of the molecule is COc1cccc([C@@H](NC(=O)NCc2coc(-c3cccs3)n2)c2nccn2C)c1. The van der Waals surface area contributed by atoms with Crippen LogP contribution in [-0.4, -0.2) is 27.7 Å². The summed E-state index contributed by atoms with van der Waals surface area (Å²) in [7, 11) is 3.49. The summed E-state index contributed by atoms with van der Waals surface area (Å²) in [6.45, 7) is 0.242. The zero-order valence-corrected chi connectivity index (χ0v) is 17.3. The van der Waals surface area contributed by atoms with Gasteiger partial charge < -0.3 is 24.4 Å². The highest BCUT2D eigenvalue weighted by atomic mass is 32.1. The molecule has 8 nitrogen and oxygen atoms in total. The van der Waals surface area contributed by atoms with Crippen LogP contribution in [0.15, 0.2) is 64.9 Å². The third-order valence-electron chi connectivity index (χ3n) is 4.53. The lowest BCUT2D eigenvalue weighted by atomic mass is 10.1. The fraction of sp³-hybridized carbons (Fsp3) is 0.190. The second kappa shape index (κ2) is 8.83. The van der Waals surface area contributed by atoms with Crippen LogP contribution < -0.4 is 15.4 Å². The molecule has 0 unspecified atom stereocenters. The minimum atomic E-state index is -0.445. The molecule has 30 heavy (non-hydrogen) atoms. The molecule has 4 rings (SSSR count). The quantitative estimate of drug-likeness (QED) is 0.472. The number of carbonyl (C=O) groups is 1. The van der Waals surface area contributed by atoms with Crippen LogP contribution in [0.3, 0.4) is 0 Å². The monoisotopic (exact) mass is 423 g/mol. The molecule has 0 aliphatic rings. The number of benzene rings is 1. The summed E-state index contributed by atoms with van der Waals surface area (Å²) < 4.78 is 12.7. The molecule has 0 spiro atoms. The van der Waals surface area contributed by atoms with Crippen LogP contribution >= 0.6 is 11.3 Å². The standard InChI is InChI=1S/C21H21N5O3S/c1-26-9-8-22-19(26)18(14-5-3-6-16(11-14)28-2)25-21(27)23-12-15-13-29-20(24-15)17-7-4-10-30-17/h3-11,13,18H,12H2,1-2H3,(H2,23,25,27)/t18-/m1/s1. The highest BCUT2D eigenvalue weighted by Crippen LogP contribution is 2.25. The van der Waals surface area contributed by atoms with E-state index in [9.17, 15) is 4.79 Å². The van der Waals surface area contributed by atoms with E-state index < -0.39 is 6.04 Å². The van der Waals surface area contributed by atoms with Gasteiger partial charge in [0.1, 0.15) is 23.9 Å². The molecule has 1 aromatic carbocycles. The van der Waals surface area contributed by atoms with Crippen molar-refractivity contribution in [3.8, 4) is 16.5 Å². The van der Waals surface area contributed by atoms with Gasteiger partial charge in [0, 0.05) is 19.4 Å². The van der Waals surface area contributed by atoms with Gasteiger partial charge in [-0.3, -0.25) is 0 Å². The number of methoxy groups -OCH3 is 1. The number of urea groups is 1. The minimum absolute atomic E-state index is 0.242. The van der Waals surface area contributed by atoms with Gasteiger partial charge in [-0.25, -0.2) is 14.8 Å². The number of nitrogens with one attached hydrogen (secondary N) is 2. The molecule has 0 radical (unpaired) electrons. The maximum Gasteiger partial charge on any atom is 0.315 e. The molecule has 9 heteroatoms. The van der Waals surface area contributed by atoms with Crippen LogP contribution in [0.5, 0.6) is 5.75 Å². The Labute approximate surface area is 177 Å². The lowest BCUT2D eigenvalue weighted by Crippen LogP contribution is -2.39. The molecule has 2 N–H and O–H groups in total. The highest BCUT2D eigenvalue weighted by molar-refractivity contribution is 7.13. The van der Waals surface area contributed by atoms with E-state index in [1.165, 1.54) is 0 Å². The second-order valence-corrected chi connectivity index (χ2v) is 7.50. The van der Waals surface area contributed by atoms with Crippen molar-refractivity contribution in [2.75, 3.05) is 7.11 Å². The molecule has 154 valence electrons. The third kappa shape index (κ3) is 4.36. The molecule has 1 atom stereocenters. The number of aromatic nitrogens is 3. The van der Waals surface area contributed by atoms with Crippen molar-refractivity contribution in [1.82, 2.24) is 25.2 Å². The third-order valence-corrected chi connectivity index (χ3v) is 5.39. The van der Waals surface area contributed by atoms with Crippen LogP contribution in [0.1, 0.15) is 23.1 Å². The molecule has 3 heterocycles. The van der Waals surface area contributed by atoms with Crippen LogP contribution in [0.25, 0.3) is 10.8 Å². The summed E-state index contributed by atoms with van der Waals surface area (Å²) in [5, 5.41) is 7.78. The maximum atomic E-state index is 12.6. The van der Waals surface area contributed by atoms with E-state index in [1.54, 1.807) is 30.9 Å². The van der Waals surface area contributed by atoms with Crippen LogP contribution in [-0.2, 0) is 13.6 Å². The normalized spacial score (nSPS) is 11.8. The number of nitrogens with zero attached hydrogens (tertiary/aromatic N) is 3. The van der Waals surface area contributed by atoms with Gasteiger partial charge in [0.2, 0.25) is 5.89 Å². The summed E-state index contributed by atoms with van der Waals surface area (Å²) in [4.78, 5) is 22.4. The number of oxazole rings is 1. The first-order valence-electron chi connectivity index (χ1n) is 9.28. The lowest BCUT2D eigenvalue weighted by Gasteiger charge is -2.20. The van der Waals surface area contributed by atoms with Crippen LogP contribution in [0.2, 0.25) is 0 Å². The predicted octanol–water partition coefficient (Wildman–Crippen LogP) is 3.73. The van der Waals surface area contributed by atoms with Crippen molar-refractivity contribution in [2.24, 2.45) is 7.05 Å².